The van der Waals surface area contributed by atoms with Gasteiger partial charge >= 0.3 is 5.69 Å². The van der Waals surface area contributed by atoms with Crippen molar-refractivity contribution < 1.29 is 5.11 Å². The second-order valence-corrected chi connectivity index (χ2v) is 8.73. The van der Waals surface area contributed by atoms with Crippen LogP contribution in [0.15, 0.2) is 58.3 Å². The van der Waals surface area contributed by atoms with Gasteiger partial charge in [-0.2, -0.15) is 0 Å². The van der Waals surface area contributed by atoms with Gasteiger partial charge in [-0.3, -0.25) is 14.1 Å². The topological polar surface area (TPSA) is 77.9 Å². The van der Waals surface area contributed by atoms with Gasteiger partial charge in [0, 0.05) is 29.7 Å². The lowest BCUT2D eigenvalue weighted by Crippen LogP contribution is -2.25. The van der Waals surface area contributed by atoms with Crippen LogP contribution in [-0.2, 0) is 13.1 Å². The quantitative estimate of drug-likeness (QED) is 0.404. The van der Waals surface area contributed by atoms with Crippen LogP contribution in [0.4, 0.5) is 0 Å². The SMILES string of the molecule is C=C(O)CCCn1c(Cn2c(=O)n(C3CC3)c3ccncc32)nc2cc(Br)ccc21. The Balaban J connectivity index is 1.61. The predicted octanol–water partition coefficient (Wildman–Crippen LogP) is 4.55. The number of hydrogen-bond acceptors (Lipinski definition) is 4. The zero-order valence-electron chi connectivity index (χ0n) is 16.5. The number of pyridine rings is 1. The van der Waals surface area contributed by atoms with Gasteiger partial charge in [-0.1, -0.05) is 22.5 Å². The molecule has 7 nitrogen and oxygen atoms in total. The third-order valence-corrected chi connectivity index (χ3v) is 6.11. The Hall–Kier alpha value is -2.87. The Morgan fingerprint density at radius 1 is 1.20 bits per heavy atom. The van der Waals surface area contributed by atoms with E-state index >= 15 is 0 Å². The molecular formula is C22H22BrN5O2. The number of aliphatic hydroxyl groups is 1. The number of rotatable bonds is 7. The molecule has 154 valence electrons. The fourth-order valence-corrected chi connectivity index (χ4v) is 4.42. The van der Waals surface area contributed by atoms with E-state index in [0.29, 0.717) is 19.5 Å². The minimum absolute atomic E-state index is 0.0102. The number of halogens is 1. The lowest BCUT2D eigenvalue weighted by Gasteiger charge is -2.10. The summed E-state index contributed by atoms with van der Waals surface area (Å²) in [6.45, 7) is 4.63. The number of hydrogen-bond donors (Lipinski definition) is 1. The van der Waals surface area contributed by atoms with E-state index in [1.54, 1.807) is 17.0 Å². The minimum Gasteiger partial charge on any atom is -0.513 e. The molecule has 0 atom stereocenters. The van der Waals surface area contributed by atoms with Crippen LogP contribution in [0.5, 0.6) is 0 Å². The summed E-state index contributed by atoms with van der Waals surface area (Å²) in [4.78, 5) is 22.4. The molecule has 1 aromatic carbocycles. The van der Waals surface area contributed by atoms with Crippen molar-refractivity contribution in [2.24, 2.45) is 0 Å². The van der Waals surface area contributed by atoms with Gasteiger partial charge in [0.25, 0.3) is 0 Å². The van der Waals surface area contributed by atoms with Gasteiger partial charge in [0.15, 0.2) is 0 Å². The van der Waals surface area contributed by atoms with E-state index in [1.807, 2.05) is 28.8 Å². The maximum Gasteiger partial charge on any atom is 0.329 e. The van der Waals surface area contributed by atoms with Crippen LogP contribution >= 0.6 is 15.9 Å². The van der Waals surface area contributed by atoms with Gasteiger partial charge in [0.2, 0.25) is 0 Å². The van der Waals surface area contributed by atoms with E-state index in [2.05, 4.69) is 32.1 Å². The van der Waals surface area contributed by atoms with Crippen LogP contribution in [0.1, 0.15) is 37.5 Å². The molecule has 5 rings (SSSR count). The van der Waals surface area contributed by atoms with Crippen molar-refractivity contribution in [2.45, 2.75) is 44.8 Å². The molecule has 3 aromatic heterocycles. The number of allylic oxidation sites excluding steroid dienone is 1. The van der Waals surface area contributed by atoms with Crippen LogP contribution in [0.2, 0.25) is 0 Å². The normalized spacial score (nSPS) is 14.0. The lowest BCUT2D eigenvalue weighted by atomic mass is 10.2. The first-order valence-electron chi connectivity index (χ1n) is 10.1. The Bertz CT molecular complexity index is 1330. The van der Waals surface area contributed by atoms with Gasteiger partial charge in [-0.15, -0.1) is 0 Å². The molecule has 0 aliphatic heterocycles. The van der Waals surface area contributed by atoms with Gasteiger partial charge in [0.05, 0.1) is 40.6 Å². The number of fused-ring (bicyclic) bond motifs is 2. The first-order chi connectivity index (χ1) is 14.5. The fourth-order valence-electron chi connectivity index (χ4n) is 4.07. The summed E-state index contributed by atoms with van der Waals surface area (Å²) >= 11 is 3.51. The van der Waals surface area contributed by atoms with Crippen molar-refractivity contribution in [1.82, 2.24) is 23.7 Å². The molecule has 0 radical (unpaired) electrons. The minimum atomic E-state index is -0.0102. The molecule has 8 heteroatoms. The zero-order chi connectivity index (χ0) is 20.8. The lowest BCUT2D eigenvalue weighted by molar-refractivity contribution is 0.381. The van der Waals surface area contributed by atoms with Crippen molar-refractivity contribution >= 4 is 38.0 Å². The fraction of sp³-hybridized carbons (Fsp3) is 0.318. The van der Waals surface area contributed by atoms with E-state index in [0.717, 1.165) is 51.6 Å². The smallest absolute Gasteiger partial charge is 0.329 e. The first kappa shape index (κ1) is 19.1. The van der Waals surface area contributed by atoms with Crippen molar-refractivity contribution in [2.75, 3.05) is 0 Å². The highest BCUT2D eigenvalue weighted by molar-refractivity contribution is 9.10. The summed E-state index contributed by atoms with van der Waals surface area (Å²) < 4.78 is 6.77. The summed E-state index contributed by atoms with van der Waals surface area (Å²) in [6, 6.07) is 8.21. The van der Waals surface area contributed by atoms with E-state index in [9.17, 15) is 9.90 Å². The van der Waals surface area contributed by atoms with E-state index < -0.39 is 0 Å². The summed E-state index contributed by atoms with van der Waals surface area (Å²) in [6.07, 6.45) is 6.84. The average molecular weight is 468 g/mol. The van der Waals surface area contributed by atoms with Crippen LogP contribution in [0, 0.1) is 0 Å². The maximum atomic E-state index is 13.3. The third kappa shape index (κ3) is 3.35. The Morgan fingerprint density at radius 3 is 2.80 bits per heavy atom. The molecule has 1 aliphatic carbocycles. The molecule has 1 fully saturated rings. The number of nitrogens with zero attached hydrogens (tertiary/aromatic N) is 5. The van der Waals surface area contributed by atoms with Crippen LogP contribution in [0.25, 0.3) is 22.1 Å². The molecule has 4 aromatic rings. The van der Waals surface area contributed by atoms with Crippen LogP contribution < -0.4 is 5.69 Å². The van der Waals surface area contributed by atoms with Gasteiger partial charge in [0.1, 0.15) is 5.82 Å². The highest BCUT2D eigenvalue weighted by Crippen LogP contribution is 2.36. The maximum absolute atomic E-state index is 13.3. The Kier molecular flexibility index (Phi) is 4.73. The summed E-state index contributed by atoms with van der Waals surface area (Å²) in [7, 11) is 0. The second kappa shape index (κ2) is 7.43. The number of aromatic nitrogens is 5. The van der Waals surface area contributed by atoms with Crippen molar-refractivity contribution in [3.63, 3.8) is 0 Å². The number of imidazole rings is 2. The third-order valence-electron chi connectivity index (χ3n) is 5.61. The molecule has 1 aliphatic rings. The van der Waals surface area contributed by atoms with E-state index in [4.69, 9.17) is 4.98 Å². The van der Waals surface area contributed by atoms with E-state index in [1.165, 1.54) is 0 Å². The molecule has 30 heavy (non-hydrogen) atoms. The highest BCUT2D eigenvalue weighted by atomic mass is 79.9. The molecule has 0 unspecified atom stereocenters. The number of aryl methyl sites for hydroxylation is 1. The number of benzene rings is 1. The summed E-state index contributed by atoms with van der Waals surface area (Å²) in [5.41, 5.74) is 3.63. The first-order valence-corrected chi connectivity index (χ1v) is 10.9. The van der Waals surface area contributed by atoms with Crippen LogP contribution in [0.3, 0.4) is 0 Å². The second-order valence-electron chi connectivity index (χ2n) is 7.82. The van der Waals surface area contributed by atoms with Crippen LogP contribution in [-0.4, -0.2) is 28.8 Å². The van der Waals surface area contributed by atoms with Gasteiger partial charge < -0.3 is 9.67 Å². The Labute approximate surface area is 181 Å². The Morgan fingerprint density at radius 2 is 2.03 bits per heavy atom. The highest BCUT2D eigenvalue weighted by Gasteiger charge is 2.29. The molecule has 0 bridgehead atoms. The molecule has 0 spiro atoms. The molecule has 1 N–H and O–H groups in total. The van der Waals surface area contributed by atoms with Crippen molar-refractivity contribution in [1.29, 1.82) is 0 Å². The summed E-state index contributed by atoms with van der Waals surface area (Å²) in [5.74, 6) is 0.992. The summed E-state index contributed by atoms with van der Waals surface area (Å²) in [5, 5.41) is 9.47. The zero-order valence-corrected chi connectivity index (χ0v) is 18.0. The standard InChI is InChI=1S/C22H22BrN5O2/c1-14(29)3-2-10-26-18-7-4-15(23)11-17(18)25-21(26)13-27-20-12-24-9-8-19(20)28(22(27)30)16-5-6-16/h4,7-9,11-12,16,29H,1-3,5-6,10,13H2. The van der Waals surface area contributed by atoms with E-state index in [-0.39, 0.29) is 17.5 Å². The molecule has 1 saturated carbocycles. The van der Waals surface area contributed by atoms with Gasteiger partial charge in [-0.05, 0) is 43.5 Å². The number of aliphatic hydroxyl groups excluding tert-OH is 1. The van der Waals surface area contributed by atoms with Crippen molar-refractivity contribution in [3.05, 3.63) is 69.8 Å². The molecule has 0 amide bonds. The average Bonchev–Trinajstić information content (AvgIpc) is 3.44. The largest absolute Gasteiger partial charge is 0.513 e. The molecule has 3 heterocycles. The van der Waals surface area contributed by atoms with Gasteiger partial charge in [-0.25, -0.2) is 9.78 Å². The predicted molar refractivity (Wildman–Crippen MR) is 120 cm³/mol. The molecule has 0 saturated heterocycles. The monoisotopic (exact) mass is 467 g/mol. The molecular weight excluding hydrogens is 446 g/mol. The van der Waals surface area contributed by atoms with Crippen molar-refractivity contribution in [3.8, 4) is 0 Å².